The number of hydrogen-bond acceptors (Lipinski definition) is 1. The molecule has 0 bridgehead atoms. The van der Waals surface area contributed by atoms with Gasteiger partial charge in [-0.15, -0.1) is 0 Å². The van der Waals surface area contributed by atoms with Crippen molar-refractivity contribution in [1.29, 1.82) is 0 Å². The molecule has 0 aliphatic heterocycles. The summed E-state index contributed by atoms with van der Waals surface area (Å²) < 4.78 is 0. The highest BCUT2D eigenvalue weighted by Gasteiger charge is 2.23. The zero-order valence-electron chi connectivity index (χ0n) is 10.1. The molecule has 1 saturated carbocycles. The third-order valence-electron chi connectivity index (χ3n) is 3.60. The van der Waals surface area contributed by atoms with Crippen LogP contribution in [0.15, 0.2) is 48.5 Å². The molecule has 1 aliphatic rings. The van der Waals surface area contributed by atoms with Crippen LogP contribution in [0.2, 0.25) is 0 Å². The van der Waals surface area contributed by atoms with Crippen molar-refractivity contribution in [3.05, 3.63) is 54.1 Å². The lowest BCUT2D eigenvalue weighted by molar-refractivity contribution is 1.13. The SMILES string of the molecule is c1cc(-c2nc3ccccc3[nH]2)cc(C2CC2)c1. The average molecular weight is 234 g/mol. The lowest BCUT2D eigenvalue weighted by Crippen LogP contribution is -1.84. The van der Waals surface area contributed by atoms with E-state index in [1.165, 1.54) is 24.0 Å². The molecule has 1 N–H and O–H groups in total. The summed E-state index contributed by atoms with van der Waals surface area (Å²) in [7, 11) is 0. The predicted octanol–water partition coefficient (Wildman–Crippen LogP) is 4.11. The van der Waals surface area contributed by atoms with Crippen molar-refractivity contribution in [2.24, 2.45) is 0 Å². The quantitative estimate of drug-likeness (QED) is 0.710. The van der Waals surface area contributed by atoms with E-state index in [2.05, 4.69) is 40.3 Å². The van der Waals surface area contributed by atoms with Crippen LogP contribution < -0.4 is 0 Å². The molecule has 0 amide bonds. The number of hydrogen-bond donors (Lipinski definition) is 1. The van der Waals surface area contributed by atoms with Crippen molar-refractivity contribution in [3.63, 3.8) is 0 Å². The first-order valence-electron chi connectivity index (χ1n) is 6.45. The van der Waals surface area contributed by atoms with Crippen molar-refractivity contribution < 1.29 is 0 Å². The molecule has 88 valence electrons. The van der Waals surface area contributed by atoms with Crippen LogP contribution in [0.4, 0.5) is 0 Å². The van der Waals surface area contributed by atoms with Crippen molar-refractivity contribution >= 4 is 11.0 Å². The van der Waals surface area contributed by atoms with Gasteiger partial charge in [0.05, 0.1) is 11.0 Å². The lowest BCUT2D eigenvalue weighted by Gasteiger charge is -2.01. The summed E-state index contributed by atoms with van der Waals surface area (Å²) in [5, 5.41) is 0. The summed E-state index contributed by atoms with van der Waals surface area (Å²) in [6.45, 7) is 0. The number of benzene rings is 2. The molecular formula is C16H14N2. The van der Waals surface area contributed by atoms with Crippen LogP contribution in [0, 0.1) is 0 Å². The Morgan fingerprint density at radius 3 is 2.72 bits per heavy atom. The van der Waals surface area contributed by atoms with E-state index in [9.17, 15) is 0 Å². The first kappa shape index (κ1) is 9.89. The highest BCUT2D eigenvalue weighted by atomic mass is 14.9. The second-order valence-corrected chi connectivity index (χ2v) is 5.00. The van der Waals surface area contributed by atoms with Crippen molar-refractivity contribution in [2.75, 3.05) is 0 Å². The zero-order chi connectivity index (χ0) is 11.9. The molecule has 1 aliphatic carbocycles. The molecular weight excluding hydrogens is 220 g/mol. The first-order chi connectivity index (χ1) is 8.90. The smallest absolute Gasteiger partial charge is 0.138 e. The molecule has 1 fully saturated rings. The second-order valence-electron chi connectivity index (χ2n) is 5.00. The number of para-hydroxylation sites is 2. The monoisotopic (exact) mass is 234 g/mol. The van der Waals surface area contributed by atoms with Crippen molar-refractivity contribution in [1.82, 2.24) is 9.97 Å². The van der Waals surface area contributed by atoms with E-state index in [-0.39, 0.29) is 0 Å². The van der Waals surface area contributed by atoms with Crippen LogP contribution in [0.25, 0.3) is 22.4 Å². The molecule has 1 aromatic heterocycles. The summed E-state index contributed by atoms with van der Waals surface area (Å²) in [6.07, 6.45) is 2.67. The summed E-state index contributed by atoms with van der Waals surface area (Å²) in [4.78, 5) is 8.04. The van der Waals surface area contributed by atoms with Gasteiger partial charge in [0.25, 0.3) is 0 Å². The van der Waals surface area contributed by atoms with Crippen LogP contribution >= 0.6 is 0 Å². The molecule has 0 radical (unpaired) electrons. The Morgan fingerprint density at radius 2 is 1.89 bits per heavy atom. The minimum Gasteiger partial charge on any atom is -0.338 e. The van der Waals surface area contributed by atoms with Gasteiger partial charge >= 0.3 is 0 Å². The largest absolute Gasteiger partial charge is 0.338 e. The number of rotatable bonds is 2. The van der Waals surface area contributed by atoms with E-state index in [0.29, 0.717) is 0 Å². The van der Waals surface area contributed by atoms with Crippen LogP contribution in [-0.2, 0) is 0 Å². The molecule has 0 unspecified atom stereocenters. The molecule has 2 nitrogen and oxygen atoms in total. The third-order valence-corrected chi connectivity index (χ3v) is 3.60. The molecule has 2 heteroatoms. The summed E-state index contributed by atoms with van der Waals surface area (Å²) in [5.74, 6) is 1.76. The van der Waals surface area contributed by atoms with Gasteiger partial charge in [-0.1, -0.05) is 30.3 Å². The number of nitrogens with one attached hydrogen (secondary N) is 1. The van der Waals surface area contributed by atoms with E-state index in [1.54, 1.807) is 0 Å². The summed E-state index contributed by atoms with van der Waals surface area (Å²) >= 11 is 0. The Balaban J connectivity index is 1.83. The predicted molar refractivity (Wildman–Crippen MR) is 73.5 cm³/mol. The maximum absolute atomic E-state index is 4.65. The Labute approximate surface area is 106 Å². The molecule has 0 spiro atoms. The minimum atomic E-state index is 0.786. The van der Waals surface area contributed by atoms with E-state index in [1.807, 2.05) is 18.2 Å². The fraction of sp³-hybridized carbons (Fsp3) is 0.188. The standard InChI is InChI=1S/C16H14N2/c1-2-7-15-14(6-1)17-16(18-15)13-5-3-4-12(10-13)11-8-9-11/h1-7,10-11H,8-9H2,(H,17,18). The average Bonchev–Trinajstić information content (AvgIpc) is 3.18. The Morgan fingerprint density at radius 1 is 1.00 bits per heavy atom. The number of aromatic amines is 1. The van der Waals surface area contributed by atoms with Crippen LogP contribution in [0.5, 0.6) is 0 Å². The number of H-pyrrole nitrogens is 1. The fourth-order valence-electron chi connectivity index (χ4n) is 2.45. The highest BCUT2D eigenvalue weighted by Crippen LogP contribution is 2.40. The van der Waals surface area contributed by atoms with Gasteiger partial charge in [-0.2, -0.15) is 0 Å². The topological polar surface area (TPSA) is 28.7 Å². The highest BCUT2D eigenvalue weighted by molar-refractivity contribution is 5.79. The van der Waals surface area contributed by atoms with E-state index >= 15 is 0 Å². The van der Waals surface area contributed by atoms with Gasteiger partial charge in [0.15, 0.2) is 0 Å². The summed E-state index contributed by atoms with van der Waals surface area (Å²) in [6, 6.07) is 16.9. The van der Waals surface area contributed by atoms with Gasteiger partial charge in [-0.3, -0.25) is 0 Å². The van der Waals surface area contributed by atoms with Gasteiger partial charge in [-0.05, 0) is 42.5 Å². The number of nitrogens with zero attached hydrogens (tertiary/aromatic N) is 1. The Hall–Kier alpha value is -2.09. The minimum absolute atomic E-state index is 0.786. The van der Waals surface area contributed by atoms with Crippen LogP contribution in [-0.4, -0.2) is 9.97 Å². The van der Waals surface area contributed by atoms with Crippen LogP contribution in [0.3, 0.4) is 0 Å². The number of imidazole rings is 1. The van der Waals surface area contributed by atoms with Gasteiger partial charge in [0.2, 0.25) is 0 Å². The molecule has 0 saturated heterocycles. The Kier molecular flexibility index (Phi) is 2.04. The van der Waals surface area contributed by atoms with Crippen molar-refractivity contribution in [3.8, 4) is 11.4 Å². The number of aromatic nitrogens is 2. The number of fused-ring (bicyclic) bond motifs is 1. The van der Waals surface area contributed by atoms with Gasteiger partial charge < -0.3 is 4.98 Å². The fourth-order valence-corrected chi connectivity index (χ4v) is 2.45. The molecule has 1 heterocycles. The second kappa shape index (κ2) is 3.70. The maximum Gasteiger partial charge on any atom is 0.138 e. The van der Waals surface area contributed by atoms with Gasteiger partial charge in [0, 0.05) is 5.56 Å². The molecule has 18 heavy (non-hydrogen) atoms. The van der Waals surface area contributed by atoms with E-state index in [4.69, 9.17) is 0 Å². The Bertz CT molecular complexity index is 675. The van der Waals surface area contributed by atoms with E-state index in [0.717, 1.165) is 22.8 Å². The normalized spacial score (nSPS) is 15.1. The lowest BCUT2D eigenvalue weighted by atomic mass is 10.1. The molecule has 0 atom stereocenters. The molecule has 2 aromatic carbocycles. The molecule has 4 rings (SSSR count). The van der Waals surface area contributed by atoms with Crippen molar-refractivity contribution in [2.45, 2.75) is 18.8 Å². The van der Waals surface area contributed by atoms with Gasteiger partial charge in [-0.25, -0.2) is 4.98 Å². The van der Waals surface area contributed by atoms with Crippen LogP contribution in [0.1, 0.15) is 24.3 Å². The third kappa shape index (κ3) is 1.61. The molecule has 3 aromatic rings. The summed E-state index contributed by atoms with van der Waals surface area (Å²) in [5.41, 5.74) is 4.78. The van der Waals surface area contributed by atoms with Gasteiger partial charge in [0.1, 0.15) is 5.82 Å². The maximum atomic E-state index is 4.65. The first-order valence-corrected chi connectivity index (χ1v) is 6.45. The van der Waals surface area contributed by atoms with E-state index < -0.39 is 0 Å². The zero-order valence-corrected chi connectivity index (χ0v) is 10.1.